The third kappa shape index (κ3) is 2.96. The van der Waals surface area contributed by atoms with E-state index in [-0.39, 0.29) is 0 Å². The van der Waals surface area contributed by atoms with E-state index in [9.17, 15) is 0 Å². The molecule has 0 unspecified atom stereocenters. The van der Waals surface area contributed by atoms with Gasteiger partial charge in [0.15, 0.2) is 0 Å². The van der Waals surface area contributed by atoms with Gasteiger partial charge in [-0.2, -0.15) is 0 Å². The Labute approximate surface area is 121 Å². The number of hydrogen-bond donors (Lipinski definition) is 0. The van der Waals surface area contributed by atoms with E-state index in [1.54, 1.807) is 11.9 Å². The fourth-order valence-electron chi connectivity index (χ4n) is 2.05. The SMILES string of the molecule is C1=CCC[C]([Pt]([c]2ccccc2)[c]2ccccc2)=C1. The molecule has 0 amide bonds. The van der Waals surface area contributed by atoms with E-state index in [0.717, 1.165) is 0 Å². The Bertz CT molecular complexity index is 542. The molecule has 0 saturated heterocycles. The maximum atomic E-state index is 2.36. The monoisotopic (exact) mass is 428 g/mol. The van der Waals surface area contributed by atoms with Crippen molar-refractivity contribution in [3.05, 3.63) is 82.9 Å². The molecule has 0 spiro atoms. The summed E-state index contributed by atoms with van der Waals surface area (Å²) in [6, 6.07) is 22.1. The second kappa shape index (κ2) is 6.17. The molecular weight excluding hydrogens is 411 g/mol. The minimum atomic E-state index is -1.44. The van der Waals surface area contributed by atoms with Gasteiger partial charge >= 0.3 is 121 Å². The van der Waals surface area contributed by atoms with Gasteiger partial charge < -0.3 is 0 Å². The zero-order valence-corrected chi connectivity index (χ0v) is 13.0. The summed E-state index contributed by atoms with van der Waals surface area (Å²) in [4.78, 5) is 0. The molecular formula is C18H17Pt. The summed E-state index contributed by atoms with van der Waals surface area (Å²) in [7, 11) is 0. The van der Waals surface area contributed by atoms with Crippen molar-refractivity contribution in [2.24, 2.45) is 0 Å². The van der Waals surface area contributed by atoms with E-state index >= 15 is 0 Å². The van der Waals surface area contributed by atoms with E-state index < -0.39 is 17.3 Å². The van der Waals surface area contributed by atoms with Gasteiger partial charge in [0.05, 0.1) is 0 Å². The van der Waals surface area contributed by atoms with Crippen molar-refractivity contribution in [3.8, 4) is 0 Å². The van der Waals surface area contributed by atoms with Gasteiger partial charge in [0.1, 0.15) is 0 Å². The van der Waals surface area contributed by atoms with Crippen molar-refractivity contribution >= 4 is 7.91 Å². The van der Waals surface area contributed by atoms with Crippen LogP contribution in [-0.4, -0.2) is 0 Å². The Balaban J connectivity index is 2.06. The molecule has 0 radical (unpaired) electrons. The third-order valence-corrected chi connectivity index (χ3v) is 9.48. The fraction of sp³-hybridized carbons (Fsp3) is 0.111. The molecule has 0 fully saturated rings. The van der Waals surface area contributed by atoms with Gasteiger partial charge in [-0.15, -0.1) is 0 Å². The van der Waals surface area contributed by atoms with Crippen LogP contribution in [0.3, 0.4) is 0 Å². The Morgan fingerprint density at radius 1 is 0.737 bits per heavy atom. The second-order valence-electron chi connectivity index (χ2n) is 4.30. The van der Waals surface area contributed by atoms with Gasteiger partial charge in [-0.3, -0.25) is 0 Å². The molecule has 0 atom stereocenters. The standard InChI is InChI=1S/C6H7.2C6H5.Pt/c3*1-2-4-6-5-3-1;/h1-3H,4,6H2;2*1-5H;. The van der Waals surface area contributed by atoms with Crippen LogP contribution in [0.1, 0.15) is 12.8 Å². The van der Waals surface area contributed by atoms with Crippen molar-refractivity contribution in [3.63, 3.8) is 0 Å². The average molecular weight is 428 g/mol. The predicted octanol–water partition coefficient (Wildman–Crippen LogP) is 3.49. The Morgan fingerprint density at radius 3 is 1.79 bits per heavy atom. The molecule has 0 aliphatic heterocycles. The van der Waals surface area contributed by atoms with E-state index in [2.05, 4.69) is 78.9 Å². The third-order valence-electron chi connectivity index (χ3n) is 2.93. The van der Waals surface area contributed by atoms with Crippen LogP contribution in [0.25, 0.3) is 0 Å². The van der Waals surface area contributed by atoms with Crippen LogP contribution in [-0.2, 0) is 17.3 Å². The molecule has 0 bridgehead atoms. The topological polar surface area (TPSA) is 0 Å². The molecule has 99 valence electrons. The summed E-state index contributed by atoms with van der Waals surface area (Å²) in [5, 5.41) is 0. The van der Waals surface area contributed by atoms with Gasteiger partial charge in [0.25, 0.3) is 0 Å². The van der Waals surface area contributed by atoms with Crippen molar-refractivity contribution in [1.82, 2.24) is 0 Å². The van der Waals surface area contributed by atoms with Crippen molar-refractivity contribution in [2.45, 2.75) is 12.8 Å². The van der Waals surface area contributed by atoms with Gasteiger partial charge in [-0.1, -0.05) is 0 Å². The maximum absolute atomic E-state index is 2.36. The second-order valence-corrected chi connectivity index (χ2v) is 10.1. The zero-order chi connectivity index (χ0) is 12.9. The molecule has 2 aromatic carbocycles. The van der Waals surface area contributed by atoms with Crippen molar-refractivity contribution in [2.75, 3.05) is 0 Å². The summed E-state index contributed by atoms with van der Waals surface area (Å²) >= 11 is -1.44. The van der Waals surface area contributed by atoms with Gasteiger partial charge in [0.2, 0.25) is 0 Å². The molecule has 0 nitrogen and oxygen atoms in total. The number of benzene rings is 2. The first-order valence-corrected chi connectivity index (χ1v) is 9.92. The van der Waals surface area contributed by atoms with Crippen LogP contribution in [0.2, 0.25) is 0 Å². The molecule has 0 heterocycles. The Kier molecular flexibility index (Phi) is 4.10. The van der Waals surface area contributed by atoms with Crippen LogP contribution in [0.5, 0.6) is 0 Å². The van der Waals surface area contributed by atoms with E-state index in [1.807, 2.05) is 0 Å². The van der Waals surface area contributed by atoms with Gasteiger partial charge in [-0.05, 0) is 0 Å². The molecule has 2 aromatic rings. The molecule has 19 heavy (non-hydrogen) atoms. The summed E-state index contributed by atoms with van der Waals surface area (Å²) in [5.41, 5.74) is 0. The molecule has 1 aliphatic rings. The summed E-state index contributed by atoms with van der Waals surface area (Å²) in [6.45, 7) is 0. The van der Waals surface area contributed by atoms with E-state index in [1.165, 1.54) is 12.8 Å². The fourth-order valence-corrected chi connectivity index (χ4v) is 8.37. The quantitative estimate of drug-likeness (QED) is 0.702. The van der Waals surface area contributed by atoms with E-state index in [0.29, 0.717) is 0 Å². The normalized spacial score (nSPS) is 14.9. The minimum absolute atomic E-state index is 1.19. The number of rotatable bonds is 3. The molecule has 1 heteroatoms. The van der Waals surface area contributed by atoms with Crippen LogP contribution < -0.4 is 7.91 Å². The van der Waals surface area contributed by atoms with Crippen LogP contribution in [0.15, 0.2) is 82.9 Å². The summed E-state index contributed by atoms with van der Waals surface area (Å²) in [5.74, 6) is 0. The first-order valence-electron chi connectivity index (χ1n) is 6.51. The zero-order valence-electron chi connectivity index (χ0n) is 10.7. The predicted molar refractivity (Wildman–Crippen MR) is 78.6 cm³/mol. The van der Waals surface area contributed by atoms with Crippen molar-refractivity contribution in [1.29, 1.82) is 0 Å². The average Bonchev–Trinajstić information content (AvgIpc) is 2.51. The van der Waals surface area contributed by atoms with Crippen LogP contribution in [0, 0.1) is 0 Å². The Morgan fingerprint density at radius 2 is 1.32 bits per heavy atom. The molecule has 0 N–H and O–H groups in total. The van der Waals surface area contributed by atoms with Gasteiger partial charge in [-0.25, -0.2) is 0 Å². The molecule has 0 aromatic heterocycles. The molecule has 0 saturated carbocycles. The summed E-state index contributed by atoms with van der Waals surface area (Å²) < 4.78 is 4.76. The molecule has 1 aliphatic carbocycles. The number of allylic oxidation sites excluding steroid dienone is 4. The summed E-state index contributed by atoms with van der Waals surface area (Å²) in [6.07, 6.45) is 9.28. The number of hydrogen-bond acceptors (Lipinski definition) is 0. The van der Waals surface area contributed by atoms with Crippen LogP contribution in [0.4, 0.5) is 0 Å². The molecule has 3 rings (SSSR count). The van der Waals surface area contributed by atoms with Crippen molar-refractivity contribution < 1.29 is 17.3 Å². The first-order chi connectivity index (χ1) is 9.45. The van der Waals surface area contributed by atoms with E-state index in [4.69, 9.17) is 0 Å². The first kappa shape index (κ1) is 12.6. The van der Waals surface area contributed by atoms with Crippen LogP contribution >= 0.6 is 0 Å². The Hall–Kier alpha value is -1.39. The van der Waals surface area contributed by atoms with Gasteiger partial charge in [0, 0.05) is 0 Å².